The van der Waals surface area contributed by atoms with Crippen LogP contribution in [0, 0.1) is 0 Å². The fourth-order valence-corrected chi connectivity index (χ4v) is 5.36. The van der Waals surface area contributed by atoms with Crippen LogP contribution >= 0.6 is 0 Å². The Hall–Kier alpha value is -2.38. The second-order valence-electron chi connectivity index (χ2n) is 7.43. The smallest absolute Gasteiger partial charge is 0.265 e. The molecule has 2 aliphatic heterocycles. The predicted molar refractivity (Wildman–Crippen MR) is 108 cm³/mol. The number of anilines is 1. The number of nitrogens with zero attached hydrogens (tertiary/aromatic N) is 2. The summed E-state index contributed by atoms with van der Waals surface area (Å²) in [6.45, 7) is 5.95. The van der Waals surface area contributed by atoms with Gasteiger partial charge in [-0.15, -0.1) is 0 Å². The lowest BCUT2D eigenvalue weighted by molar-refractivity contribution is -0.133. The largest absolute Gasteiger partial charge is 0.378 e. The molecule has 0 aromatic heterocycles. The van der Waals surface area contributed by atoms with Crippen molar-refractivity contribution >= 4 is 21.6 Å². The normalized spacial score (nSPS) is 18.0. The summed E-state index contributed by atoms with van der Waals surface area (Å²) in [6, 6.07) is 12.8. The van der Waals surface area contributed by atoms with E-state index in [9.17, 15) is 13.2 Å². The summed E-state index contributed by atoms with van der Waals surface area (Å²) in [6.07, 6.45) is 0. The van der Waals surface area contributed by atoms with Gasteiger partial charge in [-0.25, -0.2) is 8.42 Å². The molecule has 2 aromatic carbocycles. The van der Waals surface area contributed by atoms with Crippen molar-refractivity contribution in [2.75, 3.05) is 37.2 Å². The van der Waals surface area contributed by atoms with Gasteiger partial charge in [-0.05, 0) is 29.7 Å². The van der Waals surface area contributed by atoms with Crippen molar-refractivity contribution in [2.45, 2.75) is 24.7 Å². The van der Waals surface area contributed by atoms with Crippen LogP contribution in [0.4, 0.5) is 5.69 Å². The van der Waals surface area contributed by atoms with Gasteiger partial charge in [-0.1, -0.05) is 38.1 Å². The lowest BCUT2D eigenvalue weighted by atomic mass is 9.95. The van der Waals surface area contributed by atoms with E-state index in [0.29, 0.717) is 43.5 Å². The molecular formula is C21H24N2O4S. The lowest BCUT2D eigenvalue weighted by Gasteiger charge is -2.34. The standard InChI is InChI=1S/C21H24N2O4S/c1-15(2)16-7-8-19-18(13-16)17-5-3-4-6-20(17)28(25,26)23(19)14-21(24)22-9-11-27-12-10-22/h3-8,13,15H,9-12,14H2,1-2H3. The minimum atomic E-state index is -3.81. The Balaban J connectivity index is 1.80. The Labute approximate surface area is 165 Å². The first kappa shape index (κ1) is 19.0. The molecule has 6 nitrogen and oxygen atoms in total. The molecule has 1 fully saturated rings. The van der Waals surface area contributed by atoms with Crippen LogP contribution in [-0.2, 0) is 19.6 Å². The quantitative estimate of drug-likeness (QED) is 0.795. The van der Waals surface area contributed by atoms with Gasteiger partial charge in [0, 0.05) is 24.2 Å². The molecule has 0 bridgehead atoms. The maximum Gasteiger partial charge on any atom is 0.265 e. The van der Waals surface area contributed by atoms with Gasteiger partial charge in [0.25, 0.3) is 10.0 Å². The van der Waals surface area contributed by atoms with Crippen molar-refractivity contribution in [2.24, 2.45) is 0 Å². The first-order valence-corrected chi connectivity index (χ1v) is 10.9. The van der Waals surface area contributed by atoms with Crippen LogP contribution in [0.3, 0.4) is 0 Å². The van der Waals surface area contributed by atoms with Crippen LogP contribution < -0.4 is 4.31 Å². The van der Waals surface area contributed by atoms with Crippen LogP contribution in [0.1, 0.15) is 25.3 Å². The highest BCUT2D eigenvalue weighted by Crippen LogP contribution is 2.43. The van der Waals surface area contributed by atoms with Crippen molar-refractivity contribution in [3.05, 3.63) is 48.0 Å². The van der Waals surface area contributed by atoms with E-state index >= 15 is 0 Å². The fraction of sp³-hybridized carbons (Fsp3) is 0.381. The zero-order valence-corrected chi connectivity index (χ0v) is 16.9. The summed E-state index contributed by atoms with van der Waals surface area (Å²) in [5.74, 6) is 0.115. The first-order chi connectivity index (χ1) is 13.4. The summed E-state index contributed by atoms with van der Waals surface area (Å²) in [5, 5.41) is 0. The molecule has 1 amide bonds. The predicted octanol–water partition coefficient (Wildman–Crippen LogP) is 2.84. The lowest BCUT2D eigenvalue weighted by Crippen LogP contribution is -2.48. The molecule has 2 aliphatic rings. The number of morpholine rings is 1. The molecular weight excluding hydrogens is 376 g/mol. The van der Waals surface area contributed by atoms with Crippen LogP contribution in [-0.4, -0.2) is 52.1 Å². The van der Waals surface area contributed by atoms with Crippen LogP contribution in [0.2, 0.25) is 0 Å². The molecule has 0 unspecified atom stereocenters. The Kier molecular flexibility index (Phi) is 4.89. The third-order valence-electron chi connectivity index (χ3n) is 5.34. The first-order valence-electron chi connectivity index (χ1n) is 9.51. The van der Waals surface area contributed by atoms with Crippen molar-refractivity contribution in [3.63, 3.8) is 0 Å². The molecule has 0 N–H and O–H groups in total. The number of benzene rings is 2. The molecule has 0 atom stereocenters. The van der Waals surface area contributed by atoms with Crippen LogP contribution in [0.15, 0.2) is 47.4 Å². The number of sulfonamides is 1. The topological polar surface area (TPSA) is 66.9 Å². The highest BCUT2D eigenvalue weighted by Gasteiger charge is 2.37. The third-order valence-corrected chi connectivity index (χ3v) is 7.16. The maximum absolute atomic E-state index is 13.3. The fourth-order valence-electron chi connectivity index (χ4n) is 3.71. The molecule has 7 heteroatoms. The van der Waals surface area contributed by atoms with E-state index in [-0.39, 0.29) is 17.3 Å². The monoisotopic (exact) mass is 400 g/mol. The van der Waals surface area contributed by atoms with Gasteiger partial charge < -0.3 is 9.64 Å². The van der Waals surface area contributed by atoms with Gasteiger partial charge in [0.15, 0.2) is 0 Å². The molecule has 148 valence electrons. The zero-order valence-electron chi connectivity index (χ0n) is 16.1. The second-order valence-corrected chi connectivity index (χ2v) is 9.26. The third kappa shape index (κ3) is 3.18. The van der Waals surface area contributed by atoms with E-state index in [1.54, 1.807) is 17.0 Å². The minimum Gasteiger partial charge on any atom is -0.378 e. The molecule has 0 radical (unpaired) electrons. The van der Waals surface area contributed by atoms with Crippen LogP contribution in [0.25, 0.3) is 11.1 Å². The van der Waals surface area contributed by atoms with E-state index in [2.05, 4.69) is 13.8 Å². The van der Waals surface area contributed by atoms with Gasteiger partial charge in [-0.2, -0.15) is 0 Å². The van der Waals surface area contributed by atoms with Gasteiger partial charge in [0.2, 0.25) is 5.91 Å². The van der Waals surface area contributed by atoms with Gasteiger partial charge in [0.05, 0.1) is 23.8 Å². The van der Waals surface area contributed by atoms with E-state index in [1.807, 2.05) is 30.3 Å². The number of hydrogen-bond acceptors (Lipinski definition) is 4. The number of hydrogen-bond donors (Lipinski definition) is 0. The average molecular weight is 401 g/mol. The highest BCUT2D eigenvalue weighted by atomic mass is 32.2. The molecule has 4 rings (SSSR count). The molecule has 0 aliphatic carbocycles. The van der Waals surface area contributed by atoms with Gasteiger partial charge >= 0.3 is 0 Å². The number of ether oxygens (including phenoxy) is 1. The molecule has 0 saturated carbocycles. The van der Waals surface area contributed by atoms with Crippen LogP contribution in [0.5, 0.6) is 0 Å². The average Bonchev–Trinajstić information content (AvgIpc) is 2.71. The molecule has 0 spiro atoms. The maximum atomic E-state index is 13.3. The highest BCUT2D eigenvalue weighted by molar-refractivity contribution is 7.93. The molecule has 2 aromatic rings. The summed E-state index contributed by atoms with van der Waals surface area (Å²) < 4.78 is 33.2. The number of amides is 1. The summed E-state index contributed by atoms with van der Waals surface area (Å²) in [4.78, 5) is 14.7. The SMILES string of the molecule is CC(C)c1ccc2c(c1)-c1ccccc1S(=O)(=O)N2CC(=O)N1CCOCC1. The Morgan fingerprint density at radius 3 is 2.50 bits per heavy atom. The van der Waals surface area contributed by atoms with E-state index < -0.39 is 10.0 Å². The Bertz CT molecular complexity index is 1010. The van der Waals surface area contributed by atoms with E-state index in [1.165, 1.54) is 4.31 Å². The van der Waals surface area contributed by atoms with E-state index in [4.69, 9.17) is 4.74 Å². The number of carbonyl (C=O) groups is 1. The second kappa shape index (κ2) is 7.22. The summed E-state index contributed by atoms with van der Waals surface area (Å²) in [7, 11) is -3.81. The molecule has 1 saturated heterocycles. The van der Waals surface area contributed by atoms with Crippen molar-refractivity contribution in [1.82, 2.24) is 4.90 Å². The summed E-state index contributed by atoms with van der Waals surface area (Å²) in [5.41, 5.74) is 3.23. The van der Waals surface area contributed by atoms with Gasteiger partial charge in [-0.3, -0.25) is 9.10 Å². The van der Waals surface area contributed by atoms with Crippen molar-refractivity contribution in [1.29, 1.82) is 0 Å². The van der Waals surface area contributed by atoms with Crippen molar-refractivity contribution in [3.8, 4) is 11.1 Å². The van der Waals surface area contributed by atoms with E-state index in [0.717, 1.165) is 11.1 Å². The summed E-state index contributed by atoms with van der Waals surface area (Å²) >= 11 is 0. The number of carbonyl (C=O) groups excluding carboxylic acids is 1. The Morgan fingerprint density at radius 2 is 1.79 bits per heavy atom. The molecule has 2 heterocycles. The minimum absolute atomic E-state index is 0.204. The zero-order chi connectivity index (χ0) is 19.9. The number of rotatable bonds is 3. The number of fused-ring (bicyclic) bond motifs is 3. The van der Waals surface area contributed by atoms with Gasteiger partial charge in [0.1, 0.15) is 6.54 Å². The Morgan fingerprint density at radius 1 is 1.07 bits per heavy atom. The molecule has 28 heavy (non-hydrogen) atoms. The van der Waals surface area contributed by atoms with Crippen molar-refractivity contribution < 1.29 is 17.9 Å².